The number of hydrogen-bond acceptors (Lipinski definition) is 2. The zero-order valence-corrected chi connectivity index (χ0v) is 14.0. The van der Waals surface area contributed by atoms with Crippen LogP contribution >= 0.6 is 0 Å². The normalized spacial score (nSPS) is 9.10. The Kier molecular flexibility index (Phi) is 17.0. The summed E-state index contributed by atoms with van der Waals surface area (Å²) >= 11 is 0. The molecule has 0 unspecified atom stereocenters. The van der Waals surface area contributed by atoms with E-state index in [1.165, 1.54) is 44.3 Å². The maximum Gasteiger partial charge on any atom is 0.245 e. The van der Waals surface area contributed by atoms with Gasteiger partial charge in [0.25, 0.3) is 0 Å². The first kappa shape index (κ1) is 21.7. The van der Waals surface area contributed by atoms with E-state index in [9.17, 15) is 9.59 Å². The number of carbonyl (C=O) groups excluding carboxylic acids is 2. The fourth-order valence-electron chi connectivity index (χ4n) is 1.50. The predicted octanol–water partition coefficient (Wildman–Crippen LogP) is 3.30. The molecule has 122 valence electrons. The molecule has 0 aliphatic carbocycles. The van der Waals surface area contributed by atoms with Gasteiger partial charge in [0.05, 0.1) is 0 Å². The minimum Gasteiger partial charge on any atom is -0.353 e. The highest BCUT2D eigenvalue weighted by Crippen LogP contribution is 2.03. The number of carbonyl (C=O) groups is 2. The molecule has 0 aliphatic rings. The van der Waals surface area contributed by atoms with E-state index in [0.717, 1.165) is 19.5 Å². The number of hydrogen-bond donors (Lipinski definition) is 1. The molecule has 2 amide bonds. The number of unbranched alkanes of at least 4 members (excludes halogenated alkanes) is 5. The second-order valence-corrected chi connectivity index (χ2v) is 4.82. The molecular weight excluding hydrogens is 264 g/mol. The molecule has 0 spiro atoms. The van der Waals surface area contributed by atoms with Gasteiger partial charge in [-0.15, -0.1) is 0 Å². The van der Waals surface area contributed by atoms with Gasteiger partial charge in [-0.25, -0.2) is 0 Å². The Balaban J connectivity index is 0. The van der Waals surface area contributed by atoms with Crippen molar-refractivity contribution in [2.24, 2.45) is 0 Å². The monoisotopic (exact) mass is 296 g/mol. The van der Waals surface area contributed by atoms with Crippen molar-refractivity contribution in [1.82, 2.24) is 10.2 Å². The van der Waals surface area contributed by atoms with Crippen molar-refractivity contribution in [2.75, 3.05) is 20.1 Å². The summed E-state index contributed by atoms with van der Waals surface area (Å²) in [4.78, 5) is 22.9. The van der Waals surface area contributed by atoms with Crippen LogP contribution in [0.25, 0.3) is 0 Å². The number of likely N-dealkylation sites (N-methyl/N-ethyl adjacent to an activating group) is 1. The molecular formula is C17H32N2O2. The summed E-state index contributed by atoms with van der Waals surface area (Å²) in [5.41, 5.74) is 0. The lowest BCUT2D eigenvalue weighted by Crippen LogP contribution is -2.23. The molecule has 0 aromatic carbocycles. The van der Waals surface area contributed by atoms with Crippen molar-refractivity contribution >= 4 is 11.8 Å². The predicted molar refractivity (Wildman–Crippen MR) is 90.1 cm³/mol. The summed E-state index contributed by atoms with van der Waals surface area (Å²) < 4.78 is 0. The first-order valence-corrected chi connectivity index (χ1v) is 7.81. The summed E-state index contributed by atoms with van der Waals surface area (Å²) in [6, 6.07) is 0. The van der Waals surface area contributed by atoms with E-state index in [0.29, 0.717) is 0 Å². The van der Waals surface area contributed by atoms with E-state index in [1.807, 2.05) is 6.92 Å². The fraction of sp³-hybridized carbons (Fsp3) is 0.647. The average molecular weight is 296 g/mol. The highest BCUT2D eigenvalue weighted by atomic mass is 16.2. The fourth-order valence-corrected chi connectivity index (χ4v) is 1.50. The lowest BCUT2D eigenvalue weighted by molar-refractivity contribution is -0.124. The number of nitrogens with one attached hydrogen (secondary N) is 1. The van der Waals surface area contributed by atoms with Crippen molar-refractivity contribution in [3.05, 3.63) is 25.3 Å². The molecule has 0 atom stereocenters. The number of nitrogens with zero attached hydrogens (tertiary/aromatic N) is 1. The molecule has 0 aromatic rings. The smallest absolute Gasteiger partial charge is 0.245 e. The largest absolute Gasteiger partial charge is 0.353 e. The number of amides is 2. The van der Waals surface area contributed by atoms with E-state index in [1.54, 1.807) is 11.9 Å². The van der Waals surface area contributed by atoms with Gasteiger partial charge in [0.1, 0.15) is 0 Å². The van der Waals surface area contributed by atoms with Crippen LogP contribution in [-0.4, -0.2) is 36.9 Å². The zero-order chi connectivity index (χ0) is 16.5. The molecule has 0 fully saturated rings. The molecule has 1 N–H and O–H groups in total. The Labute approximate surface area is 130 Å². The molecule has 0 saturated heterocycles. The van der Waals surface area contributed by atoms with Gasteiger partial charge in [-0.2, -0.15) is 0 Å². The van der Waals surface area contributed by atoms with E-state index in [2.05, 4.69) is 25.4 Å². The minimum absolute atomic E-state index is 0.0208. The molecule has 0 bridgehead atoms. The summed E-state index contributed by atoms with van der Waals surface area (Å²) in [6.07, 6.45) is 10.2. The molecule has 0 radical (unpaired) electrons. The van der Waals surface area contributed by atoms with Gasteiger partial charge in [0.2, 0.25) is 11.8 Å². The SMILES string of the molecule is C=CC(=O)N(C)CC.C=CC(=O)NCCCCCCCC. The molecule has 4 heteroatoms. The van der Waals surface area contributed by atoms with Gasteiger partial charge in [0.15, 0.2) is 0 Å². The molecule has 0 rings (SSSR count). The second kappa shape index (κ2) is 16.5. The van der Waals surface area contributed by atoms with Crippen molar-refractivity contribution in [3.8, 4) is 0 Å². The van der Waals surface area contributed by atoms with Crippen LogP contribution < -0.4 is 5.32 Å². The third-order valence-electron chi connectivity index (χ3n) is 3.04. The summed E-state index contributed by atoms with van der Waals surface area (Å²) in [5.74, 6) is -0.0824. The Morgan fingerprint density at radius 1 is 1.00 bits per heavy atom. The third kappa shape index (κ3) is 16.4. The summed E-state index contributed by atoms with van der Waals surface area (Å²) in [5, 5.41) is 2.77. The van der Waals surface area contributed by atoms with E-state index in [4.69, 9.17) is 0 Å². The van der Waals surface area contributed by atoms with E-state index in [-0.39, 0.29) is 11.8 Å². The van der Waals surface area contributed by atoms with Gasteiger partial charge in [-0.1, -0.05) is 52.2 Å². The van der Waals surface area contributed by atoms with E-state index < -0.39 is 0 Å². The highest BCUT2D eigenvalue weighted by molar-refractivity contribution is 5.87. The van der Waals surface area contributed by atoms with Crippen molar-refractivity contribution < 1.29 is 9.59 Å². The first-order chi connectivity index (χ1) is 10.0. The molecule has 0 aromatic heterocycles. The van der Waals surface area contributed by atoms with Crippen LogP contribution in [0.2, 0.25) is 0 Å². The van der Waals surface area contributed by atoms with Crippen LogP contribution in [0.4, 0.5) is 0 Å². The zero-order valence-electron chi connectivity index (χ0n) is 14.0. The van der Waals surface area contributed by atoms with Gasteiger partial charge >= 0.3 is 0 Å². The topological polar surface area (TPSA) is 49.4 Å². The Bertz CT molecular complexity index is 301. The lowest BCUT2D eigenvalue weighted by atomic mass is 10.1. The summed E-state index contributed by atoms with van der Waals surface area (Å²) in [6.45, 7) is 12.4. The van der Waals surface area contributed by atoms with Gasteiger partial charge in [-0.3, -0.25) is 9.59 Å². The van der Waals surface area contributed by atoms with Crippen molar-refractivity contribution in [3.63, 3.8) is 0 Å². The third-order valence-corrected chi connectivity index (χ3v) is 3.04. The molecule has 0 aliphatic heterocycles. The molecule has 21 heavy (non-hydrogen) atoms. The lowest BCUT2D eigenvalue weighted by Gasteiger charge is -2.09. The Morgan fingerprint density at radius 3 is 2.00 bits per heavy atom. The second-order valence-electron chi connectivity index (χ2n) is 4.82. The maximum atomic E-state index is 10.7. The van der Waals surface area contributed by atoms with Gasteiger partial charge in [-0.05, 0) is 25.5 Å². The quantitative estimate of drug-likeness (QED) is 0.497. The summed E-state index contributed by atoms with van der Waals surface area (Å²) in [7, 11) is 1.74. The maximum absolute atomic E-state index is 10.7. The number of rotatable bonds is 10. The van der Waals surface area contributed by atoms with Crippen LogP contribution in [0.15, 0.2) is 25.3 Å². The van der Waals surface area contributed by atoms with Gasteiger partial charge in [0, 0.05) is 20.1 Å². The van der Waals surface area contributed by atoms with Crippen LogP contribution in [0.1, 0.15) is 52.4 Å². The van der Waals surface area contributed by atoms with Crippen LogP contribution in [-0.2, 0) is 9.59 Å². The van der Waals surface area contributed by atoms with Crippen LogP contribution in [0.5, 0.6) is 0 Å². The standard InChI is InChI=1S/C11H21NO.C6H11NO/c1-3-5-6-7-8-9-10-12-11(13)4-2;1-4-6(8)7(3)5-2/h4H,2-3,5-10H2,1H3,(H,12,13);4H,1,5H2,2-3H3. The average Bonchev–Trinajstić information content (AvgIpc) is 2.52. The van der Waals surface area contributed by atoms with Crippen molar-refractivity contribution in [1.29, 1.82) is 0 Å². The van der Waals surface area contributed by atoms with Crippen LogP contribution in [0.3, 0.4) is 0 Å². The molecule has 0 heterocycles. The Morgan fingerprint density at radius 2 is 1.57 bits per heavy atom. The van der Waals surface area contributed by atoms with Crippen molar-refractivity contribution in [2.45, 2.75) is 52.4 Å². The molecule has 4 nitrogen and oxygen atoms in total. The highest BCUT2D eigenvalue weighted by Gasteiger charge is 1.97. The van der Waals surface area contributed by atoms with Crippen LogP contribution in [0, 0.1) is 0 Å². The Hall–Kier alpha value is -1.58. The van der Waals surface area contributed by atoms with Gasteiger partial charge < -0.3 is 10.2 Å². The molecule has 0 saturated carbocycles. The first-order valence-electron chi connectivity index (χ1n) is 7.81. The van der Waals surface area contributed by atoms with E-state index >= 15 is 0 Å². The minimum atomic E-state index is -0.0615.